The molecule has 0 saturated carbocycles. The summed E-state index contributed by atoms with van der Waals surface area (Å²) >= 11 is 0. The molecule has 1 amide bonds. The maximum absolute atomic E-state index is 13.0. The van der Waals surface area contributed by atoms with E-state index >= 15 is 0 Å². The summed E-state index contributed by atoms with van der Waals surface area (Å²) in [5, 5.41) is 65.3. The van der Waals surface area contributed by atoms with Crippen molar-refractivity contribution in [3.05, 3.63) is 0 Å². The van der Waals surface area contributed by atoms with Gasteiger partial charge in [-0.15, -0.1) is 0 Å². The maximum atomic E-state index is 13.0. The molecule has 10 nitrogen and oxygen atoms in total. The molecule has 1 heterocycles. The molecule has 1 saturated heterocycles. The highest BCUT2D eigenvalue weighted by Gasteiger charge is 2.44. The third-order valence-electron chi connectivity index (χ3n) is 12.3. The highest BCUT2D eigenvalue weighted by Crippen LogP contribution is 2.23. The zero-order valence-corrected chi connectivity index (χ0v) is 37.7. The topological polar surface area (TPSA) is 169 Å². The Labute approximate surface area is 356 Å². The van der Waals surface area contributed by atoms with Crippen LogP contribution in [0.1, 0.15) is 239 Å². The molecule has 58 heavy (non-hydrogen) atoms. The largest absolute Gasteiger partial charge is 0.394 e. The van der Waals surface area contributed by atoms with Gasteiger partial charge in [0.1, 0.15) is 30.5 Å². The number of ether oxygens (including phenoxy) is 2. The molecule has 346 valence electrons. The summed E-state index contributed by atoms with van der Waals surface area (Å²) < 4.78 is 11.2. The Bertz CT molecular complexity index is 895. The van der Waals surface area contributed by atoms with Gasteiger partial charge in [0.05, 0.1) is 25.4 Å². The average molecular weight is 830 g/mol. The fourth-order valence-electron chi connectivity index (χ4n) is 8.26. The van der Waals surface area contributed by atoms with E-state index in [1.807, 2.05) is 0 Å². The Morgan fingerprint density at radius 3 is 1.28 bits per heavy atom. The molecular weight excluding hydrogens is 735 g/mol. The van der Waals surface area contributed by atoms with E-state index in [-0.39, 0.29) is 18.9 Å². The molecule has 0 aromatic carbocycles. The van der Waals surface area contributed by atoms with E-state index in [1.54, 1.807) is 0 Å². The number of rotatable bonds is 42. The van der Waals surface area contributed by atoms with Gasteiger partial charge in [-0.05, 0) is 12.8 Å². The SMILES string of the molecule is CCCCCCCCCCCCCCCCCCCC(=O)N[C@@H](CO[C@@H]1O[C@H](CO)[C@H](O)C(O)C1O)[C@H](O)[C@H](O)CCCCCCCCCCCCCCCCCC. The Morgan fingerprint density at radius 1 is 0.534 bits per heavy atom. The van der Waals surface area contributed by atoms with Crippen LogP contribution in [-0.4, -0.2) is 98.7 Å². The van der Waals surface area contributed by atoms with Crippen molar-refractivity contribution >= 4 is 5.91 Å². The van der Waals surface area contributed by atoms with Crippen molar-refractivity contribution in [2.45, 2.75) is 288 Å². The van der Waals surface area contributed by atoms with Crippen LogP contribution in [0.5, 0.6) is 0 Å². The maximum Gasteiger partial charge on any atom is 0.220 e. The molecule has 8 atom stereocenters. The number of amides is 1. The number of aliphatic hydroxyl groups excluding tert-OH is 6. The van der Waals surface area contributed by atoms with Gasteiger partial charge in [0, 0.05) is 6.42 Å². The van der Waals surface area contributed by atoms with Gasteiger partial charge in [-0.1, -0.05) is 219 Å². The molecule has 1 fully saturated rings. The molecule has 0 aromatic rings. The monoisotopic (exact) mass is 830 g/mol. The second-order valence-corrected chi connectivity index (χ2v) is 17.8. The normalized spacial score (nSPS) is 21.3. The van der Waals surface area contributed by atoms with E-state index in [0.29, 0.717) is 6.42 Å². The highest BCUT2D eigenvalue weighted by molar-refractivity contribution is 5.76. The van der Waals surface area contributed by atoms with Crippen LogP contribution in [0.3, 0.4) is 0 Å². The number of carbonyl (C=O) groups excluding carboxylic acids is 1. The molecule has 1 rings (SSSR count). The quantitative estimate of drug-likeness (QED) is 0.0296. The van der Waals surface area contributed by atoms with E-state index in [2.05, 4.69) is 19.2 Å². The van der Waals surface area contributed by atoms with E-state index in [9.17, 15) is 35.4 Å². The predicted octanol–water partition coefficient (Wildman–Crippen LogP) is 9.70. The van der Waals surface area contributed by atoms with Gasteiger partial charge in [0.15, 0.2) is 6.29 Å². The van der Waals surface area contributed by atoms with Gasteiger partial charge in [-0.2, -0.15) is 0 Å². The van der Waals surface area contributed by atoms with Gasteiger partial charge in [-0.25, -0.2) is 0 Å². The van der Waals surface area contributed by atoms with Gasteiger partial charge in [0.2, 0.25) is 5.91 Å². The number of hydrogen-bond donors (Lipinski definition) is 7. The van der Waals surface area contributed by atoms with Crippen molar-refractivity contribution in [1.82, 2.24) is 5.32 Å². The second-order valence-electron chi connectivity index (χ2n) is 17.8. The number of unbranched alkanes of at least 4 members (excludes halogenated alkanes) is 31. The summed E-state index contributed by atoms with van der Waals surface area (Å²) in [4.78, 5) is 13.0. The highest BCUT2D eigenvalue weighted by atomic mass is 16.7. The van der Waals surface area contributed by atoms with Crippen LogP contribution in [0.4, 0.5) is 0 Å². The Morgan fingerprint density at radius 2 is 0.897 bits per heavy atom. The first-order chi connectivity index (χ1) is 28.3. The van der Waals surface area contributed by atoms with Crippen molar-refractivity contribution in [2.24, 2.45) is 0 Å². The standard InChI is InChI=1S/C48H95NO9/c1-3-5-7-9-11-13-15-17-19-21-23-25-27-29-31-33-35-37-43(52)49-40(39-57-48-47(56)46(55)45(54)42(38-50)58-48)44(53)41(51)36-34-32-30-28-26-24-22-20-18-16-14-12-10-8-6-4-2/h40-42,44-48,50-51,53-56H,3-39H2,1-2H3,(H,49,52)/t40-,41+,42+,44-,45-,46?,47?,48+/m0/s1. The summed E-state index contributed by atoms with van der Waals surface area (Å²) in [6.45, 7) is 3.63. The van der Waals surface area contributed by atoms with E-state index in [1.165, 1.54) is 173 Å². The van der Waals surface area contributed by atoms with Gasteiger partial charge >= 0.3 is 0 Å². The molecule has 0 spiro atoms. The van der Waals surface area contributed by atoms with Crippen molar-refractivity contribution in [2.75, 3.05) is 13.2 Å². The minimum atomic E-state index is -1.60. The minimum Gasteiger partial charge on any atom is -0.394 e. The smallest absolute Gasteiger partial charge is 0.220 e. The lowest BCUT2D eigenvalue weighted by molar-refractivity contribution is -0.303. The summed E-state index contributed by atoms with van der Waals surface area (Å²) in [7, 11) is 0. The molecule has 1 aliphatic rings. The molecule has 2 unspecified atom stereocenters. The van der Waals surface area contributed by atoms with Crippen LogP contribution in [0, 0.1) is 0 Å². The van der Waals surface area contributed by atoms with E-state index in [0.717, 1.165) is 38.5 Å². The minimum absolute atomic E-state index is 0.253. The summed E-state index contributed by atoms with van der Waals surface area (Å²) in [6, 6.07) is -0.985. The van der Waals surface area contributed by atoms with Crippen molar-refractivity contribution < 1.29 is 44.9 Å². The second kappa shape index (κ2) is 39.0. The van der Waals surface area contributed by atoms with Crippen LogP contribution in [-0.2, 0) is 14.3 Å². The number of carbonyl (C=O) groups is 1. The first-order valence-corrected chi connectivity index (χ1v) is 24.8. The number of nitrogens with one attached hydrogen (secondary N) is 1. The molecule has 0 aliphatic carbocycles. The van der Waals surface area contributed by atoms with Gasteiger partial charge in [0.25, 0.3) is 0 Å². The van der Waals surface area contributed by atoms with Crippen molar-refractivity contribution in [3.63, 3.8) is 0 Å². The fraction of sp³-hybridized carbons (Fsp3) is 0.979. The molecule has 0 bridgehead atoms. The summed E-state index contributed by atoms with van der Waals surface area (Å²) in [5.74, 6) is -0.253. The van der Waals surface area contributed by atoms with E-state index in [4.69, 9.17) is 9.47 Å². The van der Waals surface area contributed by atoms with E-state index < -0.39 is 55.6 Å². The first kappa shape index (κ1) is 55.2. The van der Waals surface area contributed by atoms with Crippen LogP contribution >= 0.6 is 0 Å². The van der Waals surface area contributed by atoms with Crippen LogP contribution < -0.4 is 5.32 Å². The first-order valence-electron chi connectivity index (χ1n) is 24.8. The zero-order chi connectivity index (χ0) is 42.5. The number of hydrogen-bond acceptors (Lipinski definition) is 9. The molecular formula is C48H95NO9. The van der Waals surface area contributed by atoms with Crippen molar-refractivity contribution in [1.29, 1.82) is 0 Å². The Balaban J connectivity index is 2.34. The molecule has 0 aromatic heterocycles. The molecule has 7 N–H and O–H groups in total. The lowest BCUT2D eigenvalue weighted by Gasteiger charge is -2.40. The Hall–Kier alpha value is -0.850. The zero-order valence-electron chi connectivity index (χ0n) is 37.7. The number of aliphatic hydroxyl groups is 6. The van der Waals surface area contributed by atoms with Crippen LogP contribution in [0.2, 0.25) is 0 Å². The third kappa shape index (κ3) is 28.6. The lowest BCUT2D eigenvalue weighted by Crippen LogP contribution is -2.60. The van der Waals surface area contributed by atoms with Crippen LogP contribution in [0.25, 0.3) is 0 Å². The molecule has 10 heteroatoms. The molecule has 1 aliphatic heterocycles. The van der Waals surface area contributed by atoms with Gasteiger partial charge in [-0.3, -0.25) is 4.79 Å². The van der Waals surface area contributed by atoms with Crippen molar-refractivity contribution in [3.8, 4) is 0 Å². The van der Waals surface area contributed by atoms with Gasteiger partial charge < -0.3 is 45.4 Å². The fourth-order valence-corrected chi connectivity index (χ4v) is 8.26. The lowest BCUT2D eigenvalue weighted by atomic mass is 9.98. The third-order valence-corrected chi connectivity index (χ3v) is 12.3. The summed E-state index contributed by atoms with van der Waals surface area (Å²) in [5.41, 5.74) is 0. The average Bonchev–Trinajstić information content (AvgIpc) is 3.22. The Kier molecular flexibility index (Phi) is 37.1. The predicted molar refractivity (Wildman–Crippen MR) is 237 cm³/mol. The van der Waals surface area contributed by atoms with Crippen LogP contribution in [0.15, 0.2) is 0 Å². The molecule has 0 radical (unpaired) electrons. The summed E-state index contributed by atoms with van der Waals surface area (Å²) in [6.07, 6.45) is 32.4.